The lowest BCUT2D eigenvalue weighted by atomic mass is 9.96. The predicted molar refractivity (Wildman–Crippen MR) is 103 cm³/mol. The molecule has 2 amide bonds. The molecule has 2 N–H and O–H groups in total. The van der Waals surface area contributed by atoms with Crippen molar-refractivity contribution in [3.8, 4) is 11.5 Å². The molecule has 0 aliphatic carbocycles. The minimum Gasteiger partial charge on any atom is -0.485 e. The third-order valence-electron chi connectivity index (χ3n) is 5.16. The highest BCUT2D eigenvalue weighted by Crippen LogP contribution is 2.30. The quantitative estimate of drug-likeness (QED) is 0.779. The molecule has 1 aromatic carbocycles. The van der Waals surface area contributed by atoms with Gasteiger partial charge in [-0.25, -0.2) is 4.98 Å². The van der Waals surface area contributed by atoms with Gasteiger partial charge in [0.25, 0.3) is 17.4 Å². The highest BCUT2D eigenvalue weighted by Gasteiger charge is 2.29. The molecule has 0 saturated carbocycles. The lowest BCUT2D eigenvalue weighted by Gasteiger charge is -2.32. The molecule has 1 unspecified atom stereocenters. The largest absolute Gasteiger partial charge is 0.485 e. The molecule has 29 heavy (non-hydrogen) atoms. The van der Waals surface area contributed by atoms with Gasteiger partial charge in [-0.05, 0) is 30.9 Å². The molecule has 2 aliphatic heterocycles. The van der Waals surface area contributed by atoms with Crippen LogP contribution >= 0.6 is 0 Å². The van der Waals surface area contributed by atoms with Gasteiger partial charge in [-0.1, -0.05) is 12.1 Å². The van der Waals surface area contributed by atoms with Gasteiger partial charge in [-0.3, -0.25) is 14.4 Å². The summed E-state index contributed by atoms with van der Waals surface area (Å²) in [6, 6.07) is 7.27. The van der Waals surface area contributed by atoms with E-state index < -0.39 is 6.10 Å². The van der Waals surface area contributed by atoms with Crippen LogP contribution in [0.1, 0.15) is 23.3 Å². The highest BCUT2D eigenvalue weighted by molar-refractivity contribution is 5.92. The molecule has 9 heteroatoms. The van der Waals surface area contributed by atoms with Gasteiger partial charge in [0.1, 0.15) is 12.3 Å². The number of aromatic nitrogens is 2. The van der Waals surface area contributed by atoms with Crippen LogP contribution in [0.3, 0.4) is 0 Å². The van der Waals surface area contributed by atoms with Gasteiger partial charge in [0, 0.05) is 25.8 Å². The molecule has 3 heterocycles. The Hall–Kier alpha value is -3.36. The Bertz CT molecular complexity index is 931. The van der Waals surface area contributed by atoms with Crippen molar-refractivity contribution in [3.63, 3.8) is 0 Å². The maximum Gasteiger partial charge on any atom is 0.273 e. The smallest absolute Gasteiger partial charge is 0.273 e. The van der Waals surface area contributed by atoms with Crippen LogP contribution in [-0.2, 0) is 4.79 Å². The zero-order valence-corrected chi connectivity index (χ0v) is 15.8. The molecule has 9 nitrogen and oxygen atoms in total. The molecular weight excluding hydrogens is 376 g/mol. The van der Waals surface area contributed by atoms with Crippen molar-refractivity contribution in [1.29, 1.82) is 0 Å². The number of hydrogen-bond acceptors (Lipinski definition) is 6. The Kier molecular flexibility index (Phi) is 5.46. The number of rotatable bonds is 4. The number of carbonyl (C=O) groups excluding carboxylic acids is 2. The summed E-state index contributed by atoms with van der Waals surface area (Å²) >= 11 is 0. The number of likely N-dealkylation sites (tertiary alicyclic amines) is 1. The summed E-state index contributed by atoms with van der Waals surface area (Å²) in [5.74, 6) is 1.10. The first-order valence-electron chi connectivity index (χ1n) is 9.60. The van der Waals surface area contributed by atoms with Gasteiger partial charge < -0.3 is 24.7 Å². The molecule has 2 aromatic rings. The number of amides is 2. The van der Waals surface area contributed by atoms with Gasteiger partial charge in [-0.15, -0.1) is 0 Å². The van der Waals surface area contributed by atoms with E-state index in [0.717, 1.165) is 19.0 Å². The number of H-pyrrole nitrogens is 1. The second kappa shape index (κ2) is 8.34. The summed E-state index contributed by atoms with van der Waals surface area (Å²) in [4.78, 5) is 44.0. The first kappa shape index (κ1) is 19.0. The first-order valence-corrected chi connectivity index (χ1v) is 9.60. The van der Waals surface area contributed by atoms with Gasteiger partial charge in [0.2, 0.25) is 6.10 Å². The van der Waals surface area contributed by atoms with Crippen molar-refractivity contribution in [2.75, 3.05) is 26.2 Å². The summed E-state index contributed by atoms with van der Waals surface area (Å²) in [5, 5.41) is 2.94. The number of para-hydroxylation sites is 2. The molecule has 4 rings (SSSR count). The van der Waals surface area contributed by atoms with E-state index in [1.54, 1.807) is 17.0 Å². The highest BCUT2D eigenvalue weighted by atomic mass is 16.6. The van der Waals surface area contributed by atoms with Crippen LogP contribution in [0.4, 0.5) is 0 Å². The molecule has 0 bridgehead atoms. The Morgan fingerprint density at radius 1 is 1.21 bits per heavy atom. The van der Waals surface area contributed by atoms with Gasteiger partial charge >= 0.3 is 0 Å². The van der Waals surface area contributed by atoms with E-state index in [1.165, 1.54) is 6.20 Å². The maximum absolute atomic E-state index is 12.4. The predicted octanol–water partition coefficient (Wildman–Crippen LogP) is 0.578. The Morgan fingerprint density at radius 3 is 2.69 bits per heavy atom. The summed E-state index contributed by atoms with van der Waals surface area (Å²) in [7, 11) is 0. The number of aromatic amines is 1. The van der Waals surface area contributed by atoms with E-state index in [2.05, 4.69) is 15.3 Å². The van der Waals surface area contributed by atoms with E-state index in [0.29, 0.717) is 31.1 Å². The second-order valence-corrected chi connectivity index (χ2v) is 7.14. The third-order valence-corrected chi connectivity index (χ3v) is 5.16. The maximum atomic E-state index is 12.4. The average molecular weight is 398 g/mol. The lowest BCUT2D eigenvalue weighted by Crippen LogP contribution is -2.47. The monoisotopic (exact) mass is 398 g/mol. The molecule has 1 fully saturated rings. The molecule has 0 radical (unpaired) electrons. The zero-order valence-electron chi connectivity index (χ0n) is 15.8. The van der Waals surface area contributed by atoms with E-state index in [4.69, 9.17) is 9.47 Å². The fourth-order valence-electron chi connectivity index (χ4n) is 3.47. The fraction of sp³-hybridized carbons (Fsp3) is 0.400. The van der Waals surface area contributed by atoms with Crippen molar-refractivity contribution in [2.45, 2.75) is 18.9 Å². The van der Waals surface area contributed by atoms with Crippen molar-refractivity contribution < 1.29 is 19.1 Å². The Morgan fingerprint density at radius 2 is 1.97 bits per heavy atom. The molecule has 1 saturated heterocycles. The van der Waals surface area contributed by atoms with Gasteiger partial charge in [0.15, 0.2) is 11.5 Å². The van der Waals surface area contributed by atoms with Crippen molar-refractivity contribution in [2.24, 2.45) is 5.92 Å². The minimum absolute atomic E-state index is 0.183. The average Bonchev–Trinajstić information content (AvgIpc) is 2.77. The van der Waals surface area contributed by atoms with Crippen LogP contribution in [0.25, 0.3) is 0 Å². The van der Waals surface area contributed by atoms with Crippen LogP contribution in [0.5, 0.6) is 11.5 Å². The van der Waals surface area contributed by atoms with Crippen LogP contribution in [-0.4, -0.2) is 59.0 Å². The van der Waals surface area contributed by atoms with E-state index >= 15 is 0 Å². The molecule has 1 aromatic heterocycles. The van der Waals surface area contributed by atoms with Gasteiger partial charge in [0.05, 0.1) is 6.20 Å². The summed E-state index contributed by atoms with van der Waals surface area (Å²) in [5.41, 5.74) is -0.113. The normalized spacial score (nSPS) is 18.9. The van der Waals surface area contributed by atoms with Gasteiger partial charge in [-0.2, -0.15) is 0 Å². The van der Waals surface area contributed by atoms with E-state index in [1.807, 2.05) is 12.1 Å². The number of carbonyl (C=O) groups is 2. The molecule has 2 aliphatic rings. The second-order valence-electron chi connectivity index (χ2n) is 7.14. The summed E-state index contributed by atoms with van der Waals surface area (Å²) in [6.07, 6.45) is 3.32. The molecule has 0 spiro atoms. The molecular formula is C20H22N4O5. The number of nitrogens with zero attached hydrogens (tertiary/aromatic N) is 2. The lowest BCUT2D eigenvalue weighted by molar-refractivity contribution is -0.130. The van der Waals surface area contributed by atoms with Crippen LogP contribution in [0.2, 0.25) is 0 Å². The SMILES string of the molecule is O=C(NCC1CCN(C(=O)c2c[nH]c(=O)cn2)CC1)C1COc2ccccc2O1. The number of benzene rings is 1. The fourth-order valence-corrected chi connectivity index (χ4v) is 3.47. The third kappa shape index (κ3) is 4.39. The number of piperidine rings is 1. The summed E-state index contributed by atoms with van der Waals surface area (Å²) in [6.45, 7) is 1.87. The number of nitrogens with one attached hydrogen (secondary N) is 2. The van der Waals surface area contributed by atoms with Crippen LogP contribution in [0.15, 0.2) is 41.5 Å². The Balaban J connectivity index is 1.23. The minimum atomic E-state index is -0.669. The number of fused-ring (bicyclic) bond motifs is 1. The standard InChI is InChI=1S/C20H22N4O5/c25-18-11-21-14(10-22-18)20(27)24-7-5-13(6-8-24)9-23-19(26)17-12-28-15-3-1-2-4-16(15)29-17/h1-4,10-11,13,17H,5-9,12H2,(H,22,25)(H,23,26). The summed E-state index contributed by atoms with van der Waals surface area (Å²) < 4.78 is 11.3. The molecule has 1 atom stereocenters. The Labute approximate surface area is 167 Å². The van der Waals surface area contributed by atoms with Crippen molar-refractivity contribution in [3.05, 3.63) is 52.7 Å². The van der Waals surface area contributed by atoms with Crippen LogP contribution in [0, 0.1) is 5.92 Å². The number of hydrogen-bond donors (Lipinski definition) is 2. The number of ether oxygens (including phenoxy) is 2. The van der Waals surface area contributed by atoms with E-state index in [9.17, 15) is 14.4 Å². The van der Waals surface area contributed by atoms with Crippen molar-refractivity contribution >= 4 is 11.8 Å². The van der Waals surface area contributed by atoms with E-state index in [-0.39, 0.29) is 35.6 Å². The zero-order chi connectivity index (χ0) is 20.2. The first-order chi connectivity index (χ1) is 14.1. The van der Waals surface area contributed by atoms with Crippen LogP contribution < -0.4 is 20.3 Å². The van der Waals surface area contributed by atoms with Crippen molar-refractivity contribution in [1.82, 2.24) is 20.2 Å². The molecule has 152 valence electrons. The topological polar surface area (TPSA) is 114 Å².